The monoisotopic (exact) mass is 355 g/mol. The highest BCUT2D eigenvalue weighted by Crippen LogP contribution is 2.12. The summed E-state index contributed by atoms with van der Waals surface area (Å²) in [5, 5.41) is 15.3. The summed E-state index contributed by atoms with van der Waals surface area (Å²) in [6.45, 7) is 0.581. The number of hydrogen-bond donors (Lipinski definition) is 1. The molecule has 2 aromatic heterocycles. The summed E-state index contributed by atoms with van der Waals surface area (Å²) in [4.78, 5) is 12.1. The van der Waals surface area contributed by atoms with Gasteiger partial charge in [-0.05, 0) is 30.2 Å². The Bertz CT molecular complexity index is 876. The fraction of sp³-hybridized carbons (Fsp3) is 0.333. The zero-order valence-corrected chi connectivity index (χ0v) is 14.8. The lowest BCUT2D eigenvalue weighted by atomic mass is 10.1. The fourth-order valence-electron chi connectivity index (χ4n) is 2.53. The average molecular weight is 355 g/mol. The number of fused-ring (bicyclic) bond motifs is 1. The van der Waals surface area contributed by atoms with Gasteiger partial charge in [-0.25, -0.2) is 0 Å². The molecule has 0 aliphatic heterocycles. The summed E-state index contributed by atoms with van der Waals surface area (Å²) in [6, 6.07) is 11.3. The van der Waals surface area contributed by atoms with E-state index in [0.717, 1.165) is 17.7 Å². The average Bonchev–Trinajstić information content (AvgIpc) is 3.09. The molecule has 8 heteroatoms. The van der Waals surface area contributed by atoms with Crippen molar-refractivity contribution < 1.29 is 14.3 Å². The molecule has 0 saturated heterocycles. The minimum atomic E-state index is -0.0295. The SMILES string of the molecule is COc1ccc(CCNC(=O)CCc2nnc3ccc(OC)nn23)cc1. The number of hydrogen-bond acceptors (Lipinski definition) is 6. The van der Waals surface area contributed by atoms with E-state index >= 15 is 0 Å². The van der Waals surface area contributed by atoms with Crippen LogP contribution >= 0.6 is 0 Å². The quantitative estimate of drug-likeness (QED) is 0.657. The van der Waals surface area contributed by atoms with Crippen LogP contribution in [-0.2, 0) is 17.6 Å². The van der Waals surface area contributed by atoms with Crippen LogP contribution in [-0.4, -0.2) is 46.5 Å². The molecule has 0 spiro atoms. The van der Waals surface area contributed by atoms with Gasteiger partial charge in [0.15, 0.2) is 11.5 Å². The van der Waals surface area contributed by atoms with Crippen molar-refractivity contribution in [1.82, 2.24) is 25.1 Å². The van der Waals surface area contributed by atoms with Crippen LogP contribution in [0.25, 0.3) is 5.65 Å². The molecule has 26 heavy (non-hydrogen) atoms. The zero-order chi connectivity index (χ0) is 18.4. The van der Waals surface area contributed by atoms with Gasteiger partial charge in [-0.15, -0.1) is 15.3 Å². The van der Waals surface area contributed by atoms with Crippen LogP contribution < -0.4 is 14.8 Å². The summed E-state index contributed by atoms with van der Waals surface area (Å²) in [6.07, 6.45) is 1.54. The van der Waals surface area contributed by atoms with Crippen LogP contribution in [0, 0.1) is 0 Å². The largest absolute Gasteiger partial charge is 0.497 e. The molecule has 2 heterocycles. The van der Waals surface area contributed by atoms with Gasteiger partial charge in [0.25, 0.3) is 0 Å². The first-order chi connectivity index (χ1) is 12.7. The number of nitrogens with one attached hydrogen (secondary N) is 1. The topological polar surface area (TPSA) is 90.6 Å². The van der Waals surface area contributed by atoms with Crippen molar-refractivity contribution >= 4 is 11.6 Å². The number of aryl methyl sites for hydroxylation is 1. The minimum absolute atomic E-state index is 0.0295. The first-order valence-electron chi connectivity index (χ1n) is 8.34. The van der Waals surface area contributed by atoms with Gasteiger partial charge < -0.3 is 14.8 Å². The van der Waals surface area contributed by atoms with E-state index in [1.807, 2.05) is 24.3 Å². The standard InChI is InChI=1S/C18H21N5O3/c1-25-14-5-3-13(4-6-14)11-12-19-17(24)9-7-15-20-21-16-8-10-18(26-2)22-23(15)16/h3-6,8,10H,7,9,11-12H2,1-2H3,(H,19,24). The second-order valence-corrected chi connectivity index (χ2v) is 5.71. The molecule has 136 valence electrons. The van der Waals surface area contributed by atoms with Gasteiger partial charge in [-0.1, -0.05) is 12.1 Å². The van der Waals surface area contributed by atoms with Crippen LogP contribution in [0.4, 0.5) is 0 Å². The fourth-order valence-corrected chi connectivity index (χ4v) is 2.53. The highest BCUT2D eigenvalue weighted by atomic mass is 16.5. The van der Waals surface area contributed by atoms with Crippen LogP contribution in [0.1, 0.15) is 17.8 Å². The molecule has 0 unspecified atom stereocenters. The number of benzene rings is 1. The molecule has 0 fully saturated rings. The molecule has 0 radical (unpaired) electrons. The number of methoxy groups -OCH3 is 2. The van der Waals surface area contributed by atoms with Gasteiger partial charge in [0.05, 0.1) is 14.2 Å². The number of aromatic nitrogens is 4. The number of ether oxygens (including phenoxy) is 2. The number of rotatable bonds is 8. The van der Waals surface area contributed by atoms with Gasteiger partial charge in [0.1, 0.15) is 5.75 Å². The van der Waals surface area contributed by atoms with Gasteiger partial charge in [-0.3, -0.25) is 4.79 Å². The number of carbonyl (C=O) groups is 1. The highest BCUT2D eigenvalue weighted by Gasteiger charge is 2.10. The Kier molecular flexibility index (Phi) is 5.62. The van der Waals surface area contributed by atoms with Gasteiger partial charge in [0.2, 0.25) is 11.8 Å². The number of amides is 1. The summed E-state index contributed by atoms with van der Waals surface area (Å²) in [5.41, 5.74) is 1.77. The Morgan fingerprint density at radius 2 is 1.85 bits per heavy atom. The second-order valence-electron chi connectivity index (χ2n) is 5.71. The Hall–Kier alpha value is -3.16. The van der Waals surface area contributed by atoms with Crippen LogP contribution in [0.2, 0.25) is 0 Å². The van der Waals surface area contributed by atoms with E-state index < -0.39 is 0 Å². The van der Waals surface area contributed by atoms with Crippen molar-refractivity contribution in [2.75, 3.05) is 20.8 Å². The maximum absolute atomic E-state index is 12.1. The van der Waals surface area contributed by atoms with E-state index in [1.165, 1.54) is 0 Å². The van der Waals surface area contributed by atoms with E-state index in [0.29, 0.717) is 36.7 Å². The van der Waals surface area contributed by atoms with E-state index in [4.69, 9.17) is 9.47 Å². The molecule has 3 aromatic rings. The minimum Gasteiger partial charge on any atom is -0.497 e. The smallest absolute Gasteiger partial charge is 0.231 e. The Morgan fingerprint density at radius 1 is 1.04 bits per heavy atom. The van der Waals surface area contributed by atoms with Crippen molar-refractivity contribution in [3.8, 4) is 11.6 Å². The first-order valence-corrected chi connectivity index (χ1v) is 8.34. The summed E-state index contributed by atoms with van der Waals surface area (Å²) >= 11 is 0. The summed E-state index contributed by atoms with van der Waals surface area (Å²) in [5.74, 6) is 1.90. The third-order valence-electron chi connectivity index (χ3n) is 3.98. The Labute approximate surface area is 151 Å². The lowest BCUT2D eigenvalue weighted by Crippen LogP contribution is -2.26. The van der Waals surface area contributed by atoms with Crippen molar-refractivity contribution in [2.24, 2.45) is 0 Å². The van der Waals surface area contributed by atoms with E-state index in [9.17, 15) is 4.79 Å². The molecule has 0 saturated carbocycles. The third-order valence-corrected chi connectivity index (χ3v) is 3.98. The Morgan fingerprint density at radius 3 is 2.58 bits per heavy atom. The van der Waals surface area contributed by atoms with Gasteiger partial charge in [0, 0.05) is 25.5 Å². The molecule has 8 nitrogen and oxygen atoms in total. The molecule has 0 aliphatic carbocycles. The molecular weight excluding hydrogens is 334 g/mol. The lowest BCUT2D eigenvalue weighted by Gasteiger charge is -2.06. The van der Waals surface area contributed by atoms with Crippen molar-refractivity contribution in [3.63, 3.8) is 0 Å². The molecule has 1 N–H and O–H groups in total. The second kappa shape index (κ2) is 8.28. The van der Waals surface area contributed by atoms with E-state index in [1.54, 1.807) is 30.9 Å². The Balaban J connectivity index is 1.48. The van der Waals surface area contributed by atoms with Gasteiger partial charge in [-0.2, -0.15) is 4.52 Å². The van der Waals surface area contributed by atoms with Crippen LogP contribution in [0.3, 0.4) is 0 Å². The molecule has 3 rings (SSSR count). The maximum Gasteiger partial charge on any atom is 0.231 e. The predicted octanol–water partition coefficient (Wildman–Crippen LogP) is 1.43. The number of nitrogens with zero attached hydrogens (tertiary/aromatic N) is 4. The zero-order valence-electron chi connectivity index (χ0n) is 14.8. The molecule has 0 aliphatic rings. The highest BCUT2D eigenvalue weighted by molar-refractivity contribution is 5.76. The maximum atomic E-state index is 12.1. The van der Waals surface area contributed by atoms with Gasteiger partial charge >= 0.3 is 0 Å². The molecule has 1 aromatic carbocycles. The van der Waals surface area contributed by atoms with E-state index in [-0.39, 0.29) is 5.91 Å². The normalized spacial score (nSPS) is 10.7. The predicted molar refractivity (Wildman–Crippen MR) is 95.4 cm³/mol. The lowest BCUT2D eigenvalue weighted by molar-refractivity contribution is -0.121. The van der Waals surface area contributed by atoms with Crippen LogP contribution in [0.15, 0.2) is 36.4 Å². The molecular formula is C18H21N5O3. The molecule has 0 atom stereocenters. The summed E-state index contributed by atoms with van der Waals surface area (Å²) in [7, 11) is 3.19. The number of carbonyl (C=O) groups excluding carboxylic acids is 1. The van der Waals surface area contributed by atoms with Crippen molar-refractivity contribution in [3.05, 3.63) is 47.8 Å². The van der Waals surface area contributed by atoms with Crippen LogP contribution in [0.5, 0.6) is 11.6 Å². The van der Waals surface area contributed by atoms with E-state index in [2.05, 4.69) is 20.6 Å². The van der Waals surface area contributed by atoms with Crippen molar-refractivity contribution in [1.29, 1.82) is 0 Å². The summed E-state index contributed by atoms with van der Waals surface area (Å²) < 4.78 is 11.8. The van der Waals surface area contributed by atoms with Crippen molar-refractivity contribution in [2.45, 2.75) is 19.3 Å². The molecule has 0 bridgehead atoms. The third kappa shape index (κ3) is 4.27. The first kappa shape index (κ1) is 17.7. The molecule has 1 amide bonds.